The normalized spacial score (nSPS) is 21.3. The van der Waals surface area contributed by atoms with Gasteiger partial charge in [-0.2, -0.15) is 4.39 Å². The number of esters is 1. The molecular weight excluding hydrogens is 552 g/mol. The summed E-state index contributed by atoms with van der Waals surface area (Å²) in [5.41, 5.74) is -2.23. The first kappa shape index (κ1) is 31.2. The summed E-state index contributed by atoms with van der Waals surface area (Å²) in [7, 11) is -3.64. The Balaban J connectivity index is 1.66. The van der Waals surface area contributed by atoms with E-state index in [1.165, 1.54) is 13.6 Å². The van der Waals surface area contributed by atoms with Gasteiger partial charge in [0.25, 0.3) is 13.1 Å². The molecule has 0 unspecified atom stereocenters. The summed E-state index contributed by atoms with van der Waals surface area (Å²) in [6.45, 7) is 7.24. The van der Waals surface area contributed by atoms with Crippen molar-refractivity contribution in [1.29, 1.82) is 0 Å². The number of carbonyl (C=O) groups excluding carboxylic acids is 2. The van der Waals surface area contributed by atoms with Gasteiger partial charge in [-0.1, -0.05) is 30.3 Å². The molecule has 13 nitrogen and oxygen atoms in total. The third kappa shape index (κ3) is 9.12. The second kappa shape index (κ2) is 12.9. The molecule has 1 aliphatic rings. The first-order valence-corrected chi connectivity index (χ1v) is 14.5. The average Bonchev–Trinajstić information content (AvgIpc) is 3.24. The van der Waals surface area contributed by atoms with Gasteiger partial charge in [0.15, 0.2) is 0 Å². The van der Waals surface area contributed by atoms with Crippen LogP contribution in [0.25, 0.3) is 0 Å². The predicted octanol–water partition coefficient (Wildman–Crippen LogP) is 2.84. The van der Waals surface area contributed by atoms with E-state index < -0.39 is 73.4 Å². The number of carbonyl (C=O) groups is 2. The third-order valence-electron chi connectivity index (χ3n) is 5.54. The van der Waals surface area contributed by atoms with Crippen LogP contribution in [0, 0.1) is 5.82 Å². The van der Waals surface area contributed by atoms with E-state index in [1.54, 1.807) is 45.0 Å². The molecular formula is C25H33FN3O10P. The average molecular weight is 586 g/mol. The SMILES string of the molecule is C[C@H](N[P@](C)(=O)OC[C@H]1O[C@@H](n2cc(F)c(=O)[nH]c2=O)C[C@@H]1OC(=O)OC(C)(C)C)C(=O)OCc1ccccc1. The van der Waals surface area contributed by atoms with Gasteiger partial charge in [0.05, 0.1) is 12.8 Å². The lowest BCUT2D eigenvalue weighted by Gasteiger charge is -2.24. The number of aromatic nitrogens is 2. The molecule has 1 aromatic heterocycles. The summed E-state index contributed by atoms with van der Waals surface area (Å²) in [6.07, 6.45) is -3.78. The number of H-pyrrole nitrogens is 1. The highest BCUT2D eigenvalue weighted by Crippen LogP contribution is 2.40. The molecule has 1 fully saturated rings. The van der Waals surface area contributed by atoms with Crippen molar-refractivity contribution in [2.24, 2.45) is 0 Å². The van der Waals surface area contributed by atoms with Crippen molar-refractivity contribution in [1.82, 2.24) is 14.6 Å². The first-order chi connectivity index (χ1) is 18.6. The Kier molecular flexibility index (Phi) is 10.1. The number of hydrogen-bond donors (Lipinski definition) is 2. The van der Waals surface area contributed by atoms with Gasteiger partial charge in [0, 0.05) is 13.1 Å². The molecule has 3 rings (SSSR count). The van der Waals surface area contributed by atoms with E-state index in [-0.39, 0.29) is 13.0 Å². The van der Waals surface area contributed by atoms with Crippen LogP contribution < -0.4 is 16.3 Å². The van der Waals surface area contributed by atoms with Crippen molar-refractivity contribution < 1.29 is 42.0 Å². The molecule has 0 amide bonds. The largest absolute Gasteiger partial charge is 0.509 e. The van der Waals surface area contributed by atoms with Crippen molar-refractivity contribution in [3.8, 4) is 0 Å². The summed E-state index contributed by atoms with van der Waals surface area (Å²) in [5, 5.41) is 2.59. The zero-order valence-corrected chi connectivity index (χ0v) is 23.6. The highest BCUT2D eigenvalue weighted by molar-refractivity contribution is 7.56. The lowest BCUT2D eigenvalue weighted by Crippen LogP contribution is -2.36. The van der Waals surface area contributed by atoms with E-state index >= 15 is 0 Å². The maximum atomic E-state index is 13.9. The summed E-state index contributed by atoms with van der Waals surface area (Å²) in [5.74, 6) is -1.87. The van der Waals surface area contributed by atoms with Gasteiger partial charge in [0.1, 0.15) is 36.7 Å². The number of ether oxygens (including phenoxy) is 4. The first-order valence-electron chi connectivity index (χ1n) is 12.4. The van der Waals surface area contributed by atoms with E-state index in [1.807, 2.05) is 11.1 Å². The van der Waals surface area contributed by atoms with Crippen LogP contribution in [0.1, 0.15) is 45.9 Å². The van der Waals surface area contributed by atoms with Crippen molar-refractivity contribution in [2.75, 3.05) is 13.3 Å². The van der Waals surface area contributed by atoms with Crippen molar-refractivity contribution in [2.45, 2.75) is 70.8 Å². The Morgan fingerprint density at radius 3 is 2.58 bits per heavy atom. The van der Waals surface area contributed by atoms with Crippen LogP contribution in [-0.2, 0) is 39.4 Å². The monoisotopic (exact) mass is 585 g/mol. The molecule has 1 aromatic carbocycles. The van der Waals surface area contributed by atoms with Crippen LogP contribution in [0.2, 0.25) is 0 Å². The Morgan fingerprint density at radius 1 is 1.25 bits per heavy atom. The number of nitrogens with one attached hydrogen (secondary N) is 2. The van der Waals surface area contributed by atoms with Crippen LogP contribution >= 0.6 is 7.52 Å². The topological polar surface area (TPSA) is 164 Å². The molecule has 220 valence electrons. The van der Waals surface area contributed by atoms with Gasteiger partial charge in [-0.3, -0.25) is 23.7 Å². The highest BCUT2D eigenvalue weighted by Gasteiger charge is 2.41. The van der Waals surface area contributed by atoms with E-state index in [9.17, 15) is 28.1 Å². The quantitative estimate of drug-likeness (QED) is 0.311. The Labute approximate surface area is 229 Å². The minimum atomic E-state index is -3.64. The molecule has 0 aliphatic carbocycles. The minimum absolute atomic E-state index is 0.0340. The maximum absolute atomic E-state index is 13.9. The molecule has 0 radical (unpaired) electrons. The van der Waals surface area contributed by atoms with E-state index in [4.69, 9.17) is 23.5 Å². The van der Waals surface area contributed by atoms with E-state index in [0.29, 0.717) is 6.20 Å². The van der Waals surface area contributed by atoms with Gasteiger partial charge in [-0.25, -0.2) is 14.7 Å². The fourth-order valence-electron chi connectivity index (χ4n) is 3.73. The molecule has 1 saturated heterocycles. The fraction of sp³-hybridized carbons (Fsp3) is 0.520. The van der Waals surface area contributed by atoms with Gasteiger partial charge in [-0.05, 0) is 33.3 Å². The second-order valence-corrected chi connectivity index (χ2v) is 12.4. The lowest BCUT2D eigenvalue weighted by atomic mass is 10.2. The molecule has 1 aliphatic heterocycles. The summed E-state index contributed by atoms with van der Waals surface area (Å²) in [4.78, 5) is 50.2. The Morgan fingerprint density at radius 2 is 1.93 bits per heavy atom. The van der Waals surface area contributed by atoms with Crippen LogP contribution in [-0.4, -0.2) is 58.8 Å². The summed E-state index contributed by atoms with van der Waals surface area (Å²) >= 11 is 0. The lowest BCUT2D eigenvalue weighted by molar-refractivity contribution is -0.146. The molecule has 0 bridgehead atoms. The van der Waals surface area contributed by atoms with Gasteiger partial charge < -0.3 is 23.5 Å². The van der Waals surface area contributed by atoms with Gasteiger partial charge in [-0.15, -0.1) is 0 Å². The van der Waals surface area contributed by atoms with Gasteiger partial charge >= 0.3 is 17.8 Å². The Bertz CT molecular complexity index is 1360. The number of rotatable bonds is 10. The number of halogens is 1. The second-order valence-electron chi connectivity index (χ2n) is 10.2. The van der Waals surface area contributed by atoms with E-state index in [0.717, 1.165) is 10.1 Å². The van der Waals surface area contributed by atoms with Crippen LogP contribution in [0.15, 0.2) is 46.1 Å². The smallest absolute Gasteiger partial charge is 0.460 e. The molecule has 5 atom stereocenters. The maximum Gasteiger partial charge on any atom is 0.509 e. The van der Waals surface area contributed by atoms with Crippen molar-refractivity contribution in [3.63, 3.8) is 0 Å². The highest BCUT2D eigenvalue weighted by atomic mass is 31.2. The Hall–Kier alpha value is -3.32. The van der Waals surface area contributed by atoms with Crippen LogP contribution in [0.4, 0.5) is 9.18 Å². The predicted molar refractivity (Wildman–Crippen MR) is 139 cm³/mol. The van der Waals surface area contributed by atoms with E-state index in [2.05, 4.69) is 5.09 Å². The van der Waals surface area contributed by atoms with Crippen molar-refractivity contribution in [3.05, 3.63) is 68.7 Å². The van der Waals surface area contributed by atoms with Crippen LogP contribution in [0.3, 0.4) is 0 Å². The molecule has 2 heterocycles. The number of aromatic amines is 1. The summed E-state index contributed by atoms with van der Waals surface area (Å²) < 4.78 is 54.9. The zero-order valence-electron chi connectivity index (χ0n) is 22.7. The zero-order chi connectivity index (χ0) is 29.7. The summed E-state index contributed by atoms with van der Waals surface area (Å²) in [6, 6.07) is 8.03. The number of nitrogens with zero attached hydrogens (tertiary/aromatic N) is 1. The molecule has 15 heteroatoms. The molecule has 2 N–H and O–H groups in total. The standard InChI is InChI=1S/C25H33FN3O10P/c1-15(22(31)35-13-16-9-7-6-8-10-16)28-40(5,34)36-14-19-18(38-24(33)39-25(2,3)4)11-20(37-19)29-12-17(26)21(30)27-23(29)32/h6-10,12,15,18-20H,11,13-14H2,1-5H3,(H,28,34)(H,27,30,32)/t15-,18-,19+,20+,40+/m0/s1. The van der Waals surface area contributed by atoms with Crippen molar-refractivity contribution >= 4 is 19.6 Å². The molecule has 40 heavy (non-hydrogen) atoms. The third-order valence-corrected chi connectivity index (χ3v) is 7.04. The fourth-order valence-corrected chi connectivity index (χ4v) is 5.04. The molecule has 0 saturated carbocycles. The molecule has 2 aromatic rings. The number of benzene rings is 1. The van der Waals surface area contributed by atoms with Gasteiger partial charge in [0.2, 0.25) is 5.82 Å². The number of hydrogen-bond acceptors (Lipinski definition) is 10. The molecule has 0 spiro atoms. The minimum Gasteiger partial charge on any atom is -0.460 e. The van der Waals surface area contributed by atoms with Crippen LogP contribution in [0.5, 0.6) is 0 Å².